The summed E-state index contributed by atoms with van der Waals surface area (Å²) in [5.74, 6) is -1.20. The van der Waals surface area contributed by atoms with Gasteiger partial charge in [0.25, 0.3) is 11.8 Å². The van der Waals surface area contributed by atoms with Gasteiger partial charge in [-0.1, -0.05) is 24.3 Å². The third-order valence-corrected chi connectivity index (χ3v) is 3.59. The number of hydrogen-bond donors (Lipinski definition) is 2. The van der Waals surface area contributed by atoms with E-state index < -0.39 is 17.8 Å². The van der Waals surface area contributed by atoms with Crippen molar-refractivity contribution in [2.75, 3.05) is 13.3 Å². The minimum atomic E-state index is -1.27. The van der Waals surface area contributed by atoms with Crippen LogP contribution in [0.1, 0.15) is 26.3 Å². The van der Waals surface area contributed by atoms with E-state index in [0.29, 0.717) is 22.6 Å². The number of carboxylic acid groups (broad SMARTS) is 1. The highest BCUT2D eigenvalue weighted by atomic mass is 16.7. The number of hydrazone groups is 1. The Balaban J connectivity index is 1.46. The number of hydrogen-bond acceptors (Lipinski definition) is 7. The van der Waals surface area contributed by atoms with E-state index in [1.165, 1.54) is 36.5 Å². The van der Waals surface area contributed by atoms with E-state index in [-0.39, 0.29) is 18.9 Å². The molecule has 2 N–H and O–H groups in total. The quantitative estimate of drug-likeness (QED) is 0.530. The van der Waals surface area contributed by atoms with Crippen molar-refractivity contribution in [3.63, 3.8) is 0 Å². The number of amides is 2. The van der Waals surface area contributed by atoms with Crippen LogP contribution in [-0.4, -0.2) is 37.3 Å². The highest BCUT2D eigenvalue weighted by Gasteiger charge is 2.16. The van der Waals surface area contributed by atoms with Crippen molar-refractivity contribution < 1.29 is 29.0 Å². The molecule has 0 aromatic heterocycles. The first kappa shape index (κ1) is 17.9. The molecule has 138 valence electrons. The first-order chi connectivity index (χ1) is 13.0. The van der Waals surface area contributed by atoms with Gasteiger partial charge >= 0.3 is 0 Å². The molecule has 0 unspecified atom stereocenters. The van der Waals surface area contributed by atoms with Gasteiger partial charge in [0, 0.05) is 5.56 Å². The first-order valence-electron chi connectivity index (χ1n) is 7.84. The zero-order chi connectivity index (χ0) is 19.2. The Kier molecular flexibility index (Phi) is 5.31. The third kappa shape index (κ3) is 4.60. The van der Waals surface area contributed by atoms with E-state index in [2.05, 4.69) is 15.8 Å². The summed E-state index contributed by atoms with van der Waals surface area (Å²) in [4.78, 5) is 34.4. The molecular formula is C18H14N3O6-. The SMILES string of the molecule is O=C(CNC(=O)c1ccc2c(c1)OCO2)N/N=C\c1ccc(C(=O)[O-])cc1. The van der Waals surface area contributed by atoms with Crippen LogP contribution in [0.3, 0.4) is 0 Å². The largest absolute Gasteiger partial charge is 0.545 e. The predicted molar refractivity (Wildman–Crippen MR) is 91.4 cm³/mol. The molecule has 9 heteroatoms. The van der Waals surface area contributed by atoms with Gasteiger partial charge in [0.1, 0.15) is 0 Å². The van der Waals surface area contributed by atoms with E-state index >= 15 is 0 Å². The number of rotatable bonds is 6. The van der Waals surface area contributed by atoms with Gasteiger partial charge in [-0.05, 0) is 29.3 Å². The Bertz CT molecular complexity index is 908. The van der Waals surface area contributed by atoms with Crippen LogP contribution in [0.5, 0.6) is 11.5 Å². The lowest BCUT2D eigenvalue weighted by Crippen LogP contribution is -2.34. The number of carbonyl (C=O) groups is 3. The van der Waals surface area contributed by atoms with Gasteiger partial charge in [-0.3, -0.25) is 9.59 Å². The molecule has 0 radical (unpaired) electrons. The summed E-state index contributed by atoms with van der Waals surface area (Å²) in [6.45, 7) is -0.162. The molecule has 0 atom stereocenters. The van der Waals surface area contributed by atoms with Gasteiger partial charge < -0.3 is 24.7 Å². The summed E-state index contributed by atoms with van der Waals surface area (Å²) in [5.41, 5.74) is 3.23. The molecule has 0 spiro atoms. The molecule has 0 aliphatic carbocycles. The van der Waals surface area contributed by atoms with Crippen molar-refractivity contribution in [2.45, 2.75) is 0 Å². The maximum atomic E-state index is 12.1. The van der Waals surface area contributed by atoms with Crippen molar-refractivity contribution in [1.82, 2.24) is 10.7 Å². The molecule has 2 aromatic carbocycles. The highest BCUT2D eigenvalue weighted by Crippen LogP contribution is 2.32. The number of fused-ring (bicyclic) bond motifs is 1. The molecule has 1 aliphatic rings. The number of carbonyl (C=O) groups excluding carboxylic acids is 3. The lowest BCUT2D eigenvalue weighted by Gasteiger charge is -2.05. The van der Waals surface area contributed by atoms with E-state index in [1.54, 1.807) is 12.1 Å². The average Bonchev–Trinajstić information content (AvgIpc) is 3.14. The molecule has 1 heterocycles. The number of benzene rings is 2. The molecule has 0 fully saturated rings. The molecule has 1 aliphatic heterocycles. The second-order valence-electron chi connectivity index (χ2n) is 5.45. The molecule has 2 aromatic rings. The summed E-state index contributed by atoms with van der Waals surface area (Å²) in [6, 6.07) is 10.5. The van der Waals surface area contributed by atoms with Gasteiger partial charge in [-0.25, -0.2) is 5.43 Å². The first-order valence-corrected chi connectivity index (χ1v) is 7.84. The summed E-state index contributed by atoms with van der Waals surface area (Å²) in [6.07, 6.45) is 1.34. The van der Waals surface area contributed by atoms with Crippen LogP contribution in [0, 0.1) is 0 Å². The fourth-order valence-corrected chi connectivity index (χ4v) is 2.22. The molecule has 3 rings (SSSR count). The molecule has 9 nitrogen and oxygen atoms in total. The molecule has 0 saturated carbocycles. The van der Waals surface area contributed by atoms with Gasteiger partial charge in [-0.2, -0.15) is 5.10 Å². The average molecular weight is 368 g/mol. The number of carboxylic acids is 1. The predicted octanol–water partition coefficient (Wildman–Crippen LogP) is -0.341. The zero-order valence-electron chi connectivity index (χ0n) is 13.9. The summed E-state index contributed by atoms with van der Waals surface area (Å²) < 4.78 is 10.4. The second kappa shape index (κ2) is 8.00. The normalized spacial score (nSPS) is 12.0. The van der Waals surface area contributed by atoms with E-state index in [9.17, 15) is 19.5 Å². The molecule has 27 heavy (non-hydrogen) atoms. The summed E-state index contributed by atoms with van der Waals surface area (Å²) in [7, 11) is 0. The van der Waals surface area contributed by atoms with Crippen LogP contribution in [0.4, 0.5) is 0 Å². The topological polar surface area (TPSA) is 129 Å². The maximum absolute atomic E-state index is 12.1. The fourth-order valence-electron chi connectivity index (χ4n) is 2.22. The van der Waals surface area contributed by atoms with Gasteiger partial charge in [0.05, 0.1) is 18.7 Å². The highest BCUT2D eigenvalue weighted by molar-refractivity contribution is 5.97. The minimum Gasteiger partial charge on any atom is -0.545 e. The zero-order valence-corrected chi connectivity index (χ0v) is 13.9. The second-order valence-corrected chi connectivity index (χ2v) is 5.45. The molecule has 0 bridgehead atoms. The third-order valence-electron chi connectivity index (χ3n) is 3.59. The van der Waals surface area contributed by atoms with Crippen LogP contribution in [0.25, 0.3) is 0 Å². The lowest BCUT2D eigenvalue weighted by molar-refractivity contribution is -0.255. The monoisotopic (exact) mass is 368 g/mol. The minimum absolute atomic E-state index is 0.0439. The van der Waals surface area contributed by atoms with Crippen molar-refractivity contribution in [3.8, 4) is 11.5 Å². The van der Waals surface area contributed by atoms with Crippen LogP contribution in [0.2, 0.25) is 0 Å². The Morgan fingerprint density at radius 3 is 2.48 bits per heavy atom. The van der Waals surface area contributed by atoms with Gasteiger partial charge in [0.2, 0.25) is 6.79 Å². The van der Waals surface area contributed by atoms with Crippen molar-refractivity contribution in [2.24, 2.45) is 5.10 Å². The smallest absolute Gasteiger partial charge is 0.259 e. The van der Waals surface area contributed by atoms with Gasteiger partial charge in [-0.15, -0.1) is 0 Å². The lowest BCUT2D eigenvalue weighted by atomic mass is 10.1. The van der Waals surface area contributed by atoms with Crippen LogP contribution < -0.4 is 25.3 Å². The molecule has 2 amide bonds. The summed E-state index contributed by atoms with van der Waals surface area (Å²) >= 11 is 0. The van der Waals surface area contributed by atoms with Crippen molar-refractivity contribution in [3.05, 3.63) is 59.2 Å². The van der Waals surface area contributed by atoms with Crippen molar-refractivity contribution in [1.29, 1.82) is 0 Å². The standard InChI is InChI=1S/C18H15N3O6/c22-16(21-20-8-11-1-3-12(4-2-11)18(24)25)9-19-17(23)13-5-6-14-15(7-13)27-10-26-14/h1-8H,9-10H2,(H,19,23)(H,21,22)(H,24,25)/p-1/b20-8-. The number of aromatic carboxylic acids is 1. The number of ether oxygens (including phenoxy) is 2. The van der Waals surface area contributed by atoms with Crippen LogP contribution in [0.15, 0.2) is 47.6 Å². The van der Waals surface area contributed by atoms with Crippen LogP contribution >= 0.6 is 0 Å². The molecular weight excluding hydrogens is 354 g/mol. The maximum Gasteiger partial charge on any atom is 0.259 e. The molecule has 0 saturated heterocycles. The van der Waals surface area contributed by atoms with Crippen LogP contribution in [-0.2, 0) is 4.79 Å². The summed E-state index contributed by atoms with van der Waals surface area (Å²) in [5, 5.41) is 16.9. The van der Waals surface area contributed by atoms with E-state index in [0.717, 1.165) is 0 Å². The van der Waals surface area contributed by atoms with Crippen molar-refractivity contribution >= 4 is 24.0 Å². The Morgan fingerprint density at radius 2 is 1.74 bits per heavy atom. The fraction of sp³-hybridized carbons (Fsp3) is 0.111. The van der Waals surface area contributed by atoms with Gasteiger partial charge in [0.15, 0.2) is 11.5 Å². The van der Waals surface area contributed by atoms with E-state index in [4.69, 9.17) is 9.47 Å². The Morgan fingerprint density at radius 1 is 1.04 bits per heavy atom. The number of nitrogens with one attached hydrogen (secondary N) is 2. The van der Waals surface area contributed by atoms with E-state index in [1.807, 2.05) is 0 Å². The Labute approximate surface area is 153 Å². The number of nitrogens with zero attached hydrogens (tertiary/aromatic N) is 1. The Hall–Kier alpha value is -3.88.